The Bertz CT molecular complexity index is 743. The van der Waals surface area contributed by atoms with E-state index in [9.17, 15) is 13.2 Å². The molecule has 0 aliphatic heterocycles. The molecule has 3 rings (SSSR count). The van der Waals surface area contributed by atoms with Gasteiger partial charge in [0.15, 0.2) is 5.11 Å². The van der Waals surface area contributed by atoms with E-state index in [1.165, 1.54) is 17.2 Å². The lowest BCUT2D eigenvalue weighted by Gasteiger charge is -2.27. The summed E-state index contributed by atoms with van der Waals surface area (Å²) in [6.07, 6.45) is -1.32. The van der Waals surface area contributed by atoms with Gasteiger partial charge in [-0.05, 0) is 60.8 Å². The van der Waals surface area contributed by atoms with Gasteiger partial charge < -0.3 is 10.6 Å². The van der Waals surface area contributed by atoms with Gasteiger partial charge in [0.25, 0.3) is 0 Å². The number of fused-ring (bicyclic) bond motifs is 1. The van der Waals surface area contributed by atoms with Crippen molar-refractivity contribution in [3.05, 3.63) is 65.2 Å². The second kappa shape index (κ2) is 6.81. The van der Waals surface area contributed by atoms with Gasteiger partial charge >= 0.3 is 6.18 Å². The molecule has 24 heavy (non-hydrogen) atoms. The third kappa shape index (κ3) is 3.87. The van der Waals surface area contributed by atoms with E-state index in [0.717, 1.165) is 31.4 Å². The summed E-state index contributed by atoms with van der Waals surface area (Å²) in [6, 6.07) is 13.3. The predicted octanol–water partition coefficient (Wildman–Crippen LogP) is 5.07. The number of thiocarbonyl (C=S) groups is 1. The summed E-state index contributed by atoms with van der Waals surface area (Å²) >= 11 is 5.28. The molecule has 6 heteroatoms. The Morgan fingerprint density at radius 1 is 1.08 bits per heavy atom. The van der Waals surface area contributed by atoms with Gasteiger partial charge in [0.1, 0.15) is 0 Å². The van der Waals surface area contributed by atoms with Crippen molar-refractivity contribution in [1.82, 2.24) is 5.32 Å². The number of nitrogens with one attached hydrogen (secondary N) is 2. The zero-order valence-corrected chi connectivity index (χ0v) is 13.7. The standard InChI is InChI=1S/C18H17F3N2S/c19-18(20,21)13-7-4-8-14(11-13)22-17(24)23-16-10-3-6-12-5-1-2-9-15(12)16/h1-2,4-5,7-9,11,16H,3,6,10H2,(H2,22,23,24). The fourth-order valence-corrected chi connectivity index (χ4v) is 3.26. The quantitative estimate of drug-likeness (QED) is 0.740. The van der Waals surface area contributed by atoms with Crippen LogP contribution in [0.2, 0.25) is 0 Å². The third-order valence-corrected chi connectivity index (χ3v) is 4.34. The summed E-state index contributed by atoms with van der Waals surface area (Å²) in [4.78, 5) is 0. The van der Waals surface area contributed by atoms with Gasteiger partial charge in [-0.2, -0.15) is 13.2 Å². The fraction of sp³-hybridized carbons (Fsp3) is 0.278. The van der Waals surface area contributed by atoms with Crippen molar-refractivity contribution in [2.24, 2.45) is 0 Å². The number of anilines is 1. The minimum absolute atomic E-state index is 0.0840. The minimum Gasteiger partial charge on any atom is -0.356 e. The molecular weight excluding hydrogens is 333 g/mol. The molecule has 0 amide bonds. The van der Waals surface area contributed by atoms with Crippen molar-refractivity contribution in [2.75, 3.05) is 5.32 Å². The number of benzene rings is 2. The first kappa shape index (κ1) is 16.8. The highest BCUT2D eigenvalue weighted by Gasteiger charge is 2.30. The molecule has 2 aromatic rings. The highest BCUT2D eigenvalue weighted by molar-refractivity contribution is 7.80. The fourth-order valence-electron chi connectivity index (χ4n) is 3.00. The van der Waals surface area contributed by atoms with E-state index in [4.69, 9.17) is 12.2 Å². The molecule has 0 heterocycles. The van der Waals surface area contributed by atoms with Gasteiger partial charge in [-0.15, -0.1) is 0 Å². The molecule has 2 N–H and O–H groups in total. The maximum absolute atomic E-state index is 12.8. The zero-order valence-electron chi connectivity index (χ0n) is 12.9. The normalized spacial score (nSPS) is 17.0. The van der Waals surface area contributed by atoms with Crippen molar-refractivity contribution in [3.63, 3.8) is 0 Å². The number of aryl methyl sites for hydroxylation is 1. The van der Waals surface area contributed by atoms with Crippen LogP contribution in [-0.2, 0) is 12.6 Å². The van der Waals surface area contributed by atoms with Crippen LogP contribution in [0.5, 0.6) is 0 Å². The Morgan fingerprint density at radius 3 is 2.67 bits per heavy atom. The lowest BCUT2D eigenvalue weighted by atomic mass is 9.88. The molecule has 1 atom stereocenters. The van der Waals surface area contributed by atoms with Crippen molar-refractivity contribution < 1.29 is 13.2 Å². The maximum atomic E-state index is 12.8. The highest BCUT2D eigenvalue weighted by Crippen LogP contribution is 2.31. The molecule has 1 aliphatic carbocycles. The SMILES string of the molecule is FC(F)(F)c1cccc(NC(=S)NC2CCCc3ccccc32)c1. The molecular formula is C18H17F3N2S. The van der Waals surface area contributed by atoms with Gasteiger partial charge in [0.2, 0.25) is 0 Å². The first-order chi connectivity index (χ1) is 11.4. The van der Waals surface area contributed by atoms with Crippen LogP contribution in [0.4, 0.5) is 18.9 Å². The average Bonchev–Trinajstić information content (AvgIpc) is 2.54. The molecule has 0 radical (unpaired) electrons. The molecule has 1 aliphatic rings. The predicted molar refractivity (Wildman–Crippen MR) is 92.9 cm³/mol. The van der Waals surface area contributed by atoms with Crippen LogP contribution in [0.15, 0.2) is 48.5 Å². The first-order valence-corrected chi connectivity index (χ1v) is 8.17. The number of rotatable bonds is 2. The van der Waals surface area contributed by atoms with E-state index in [0.29, 0.717) is 10.8 Å². The molecule has 0 saturated heterocycles. The molecule has 0 aromatic heterocycles. The Hall–Kier alpha value is -2.08. The van der Waals surface area contributed by atoms with Gasteiger partial charge in [0, 0.05) is 5.69 Å². The van der Waals surface area contributed by atoms with Crippen molar-refractivity contribution in [1.29, 1.82) is 0 Å². The van der Waals surface area contributed by atoms with E-state index >= 15 is 0 Å². The van der Waals surface area contributed by atoms with Crippen LogP contribution < -0.4 is 10.6 Å². The summed E-state index contributed by atoms with van der Waals surface area (Å²) in [6.45, 7) is 0. The summed E-state index contributed by atoms with van der Waals surface area (Å²) in [5.41, 5.74) is 2.13. The van der Waals surface area contributed by atoms with Crippen molar-refractivity contribution >= 4 is 23.0 Å². The molecule has 2 aromatic carbocycles. The Kier molecular flexibility index (Phi) is 4.76. The molecule has 0 saturated carbocycles. The average molecular weight is 350 g/mol. The zero-order chi connectivity index (χ0) is 17.2. The largest absolute Gasteiger partial charge is 0.416 e. The topological polar surface area (TPSA) is 24.1 Å². The molecule has 0 spiro atoms. The van der Waals surface area contributed by atoms with E-state index in [1.54, 1.807) is 6.07 Å². The van der Waals surface area contributed by atoms with Crippen LogP contribution in [0.3, 0.4) is 0 Å². The second-order valence-corrected chi connectivity index (χ2v) is 6.23. The smallest absolute Gasteiger partial charge is 0.356 e. The Balaban J connectivity index is 1.69. The van der Waals surface area contributed by atoms with E-state index in [2.05, 4.69) is 22.8 Å². The molecule has 1 unspecified atom stereocenters. The van der Waals surface area contributed by atoms with Crippen molar-refractivity contribution in [2.45, 2.75) is 31.5 Å². The number of alkyl halides is 3. The summed E-state index contributed by atoms with van der Waals surface area (Å²) in [5.74, 6) is 0. The number of hydrogen-bond donors (Lipinski definition) is 2. The summed E-state index contributed by atoms with van der Waals surface area (Å²) < 4.78 is 38.3. The summed E-state index contributed by atoms with van der Waals surface area (Å²) in [7, 11) is 0. The molecule has 2 nitrogen and oxygen atoms in total. The molecule has 0 fully saturated rings. The Morgan fingerprint density at radius 2 is 1.88 bits per heavy atom. The van der Waals surface area contributed by atoms with Gasteiger partial charge in [-0.25, -0.2) is 0 Å². The maximum Gasteiger partial charge on any atom is 0.416 e. The number of hydrogen-bond acceptors (Lipinski definition) is 1. The van der Waals surface area contributed by atoms with Gasteiger partial charge in [0.05, 0.1) is 11.6 Å². The Labute approximate surface area is 144 Å². The first-order valence-electron chi connectivity index (χ1n) is 7.76. The van der Waals surface area contributed by atoms with Gasteiger partial charge in [-0.3, -0.25) is 0 Å². The van der Waals surface area contributed by atoms with Gasteiger partial charge in [-0.1, -0.05) is 30.3 Å². The summed E-state index contributed by atoms with van der Waals surface area (Å²) in [5, 5.41) is 6.40. The number of halogens is 3. The highest BCUT2D eigenvalue weighted by atomic mass is 32.1. The van der Waals surface area contributed by atoms with Crippen LogP contribution in [0.1, 0.15) is 35.6 Å². The van der Waals surface area contributed by atoms with E-state index in [1.807, 2.05) is 12.1 Å². The second-order valence-electron chi connectivity index (χ2n) is 5.82. The molecule has 126 valence electrons. The van der Waals surface area contributed by atoms with Crippen LogP contribution in [-0.4, -0.2) is 5.11 Å². The van der Waals surface area contributed by atoms with Crippen LogP contribution >= 0.6 is 12.2 Å². The lowest BCUT2D eigenvalue weighted by molar-refractivity contribution is -0.137. The monoisotopic (exact) mass is 350 g/mol. The van der Waals surface area contributed by atoms with Crippen LogP contribution in [0.25, 0.3) is 0 Å². The minimum atomic E-state index is -4.37. The van der Waals surface area contributed by atoms with Crippen molar-refractivity contribution in [3.8, 4) is 0 Å². The van der Waals surface area contributed by atoms with Crippen LogP contribution in [0, 0.1) is 0 Å². The lowest BCUT2D eigenvalue weighted by Crippen LogP contribution is -2.34. The molecule has 0 bridgehead atoms. The van der Waals surface area contributed by atoms with E-state index in [-0.39, 0.29) is 6.04 Å². The third-order valence-electron chi connectivity index (χ3n) is 4.12. The van der Waals surface area contributed by atoms with E-state index < -0.39 is 11.7 Å².